The van der Waals surface area contributed by atoms with E-state index >= 15 is 0 Å². The van der Waals surface area contributed by atoms with Crippen molar-refractivity contribution < 1.29 is 9.59 Å². The number of carbonyl (C=O) groups is 2. The molecule has 6 heteroatoms. The fraction of sp³-hybridized carbons (Fsp3) is 0. The summed E-state index contributed by atoms with van der Waals surface area (Å²) in [4.78, 5) is 24.6. The molecule has 0 saturated carbocycles. The number of hydrazone groups is 2. The first-order valence-corrected chi connectivity index (χ1v) is 10.7. The van der Waals surface area contributed by atoms with Gasteiger partial charge in [-0.3, -0.25) is 9.59 Å². The van der Waals surface area contributed by atoms with Crippen LogP contribution in [-0.2, 0) is 0 Å². The first-order valence-electron chi connectivity index (χ1n) is 10.7. The van der Waals surface area contributed by atoms with Crippen LogP contribution in [0.1, 0.15) is 31.8 Å². The second-order valence-corrected chi connectivity index (χ2v) is 7.37. The summed E-state index contributed by atoms with van der Waals surface area (Å²) < 4.78 is 0. The van der Waals surface area contributed by atoms with Gasteiger partial charge in [0.15, 0.2) is 0 Å². The van der Waals surface area contributed by atoms with Gasteiger partial charge in [0.2, 0.25) is 0 Å². The molecule has 4 aromatic carbocycles. The minimum absolute atomic E-state index is 0.290. The number of amides is 2. The van der Waals surface area contributed by atoms with E-state index in [1.165, 1.54) is 0 Å². The van der Waals surface area contributed by atoms with Crippen LogP contribution in [0.4, 0.5) is 0 Å². The van der Waals surface area contributed by atoms with E-state index in [0.29, 0.717) is 11.1 Å². The highest BCUT2D eigenvalue weighted by Crippen LogP contribution is 2.20. The smallest absolute Gasteiger partial charge is 0.267 e. The molecule has 0 atom stereocenters. The van der Waals surface area contributed by atoms with Crippen LogP contribution in [0.5, 0.6) is 0 Å². The van der Waals surface area contributed by atoms with E-state index < -0.39 is 0 Å². The number of carbonyl (C=O) groups excluding carboxylic acids is 2. The van der Waals surface area contributed by atoms with Crippen molar-refractivity contribution in [2.24, 2.45) is 10.2 Å². The van der Waals surface area contributed by atoms with Crippen LogP contribution in [0.3, 0.4) is 0 Å². The molecular weight excluding hydrogens is 424 g/mol. The molecule has 0 saturated heterocycles. The molecule has 166 valence electrons. The Labute approximate surface area is 197 Å². The third-order valence-corrected chi connectivity index (χ3v) is 4.99. The fourth-order valence-electron chi connectivity index (χ4n) is 3.17. The summed E-state index contributed by atoms with van der Waals surface area (Å²) in [5, 5.41) is 7.98. The average Bonchev–Trinajstić information content (AvgIpc) is 2.90. The van der Waals surface area contributed by atoms with Crippen LogP contribution < -0.4 is 10.9 Å². The maximum atomic E-state index is 12.3. The lowest BCUT2D eigenvalue weighted by Crippen LogP contribution is -2.17. The molecule has 4 aromatic rings. The van der Waals surface area contributed by atoms with Gasteiger partial charge in [-0.05, 0) is 46.5 Å². The number of hydrogen-bond donors (Lipinski definition) is 2. The molecule has 34 heavy (non-hydrogen) atoms. The molecule has 4 rings (SSSR count). The van der Waals surface area contributed by atoms with E-state index in [9.17, 15) is 9.59 Å². The standard InChI is InChI=1S/C28H22N4O2/c33-27(31-29-19-21-7-3-1-4-8-21)25-15-11-23(12-16-25)24-13-17-26(18-14-24)28(34)32-30-20-22-9-5-2-6-10-22/h1-20H,(H,31,33)(H,32,34)/b29-19+,30-20+. The molecule has 0 aliphatic carbocycles. The molecular formula is C28H22N4O2. The summed E-state index contributed by atoms with van der Waals surface area (Å²) in [6, 6.07) is 33.4. The second kappa shape index (κ2) is 11.2. The highest BCUT2D eigenvalue weighted by atomic mass is 16.2. The van der Waals surface area contributed by atoms with Gasteiger partial charge in [0.05, 0.1) is 12.4 Å². The van der Waals surface area contributed by atoms with Crippen molar-refractivity contribution in [3.8, 4) is 11.1 Å². The Morgan fingerprint density at radius 3 is 1.21 bits per heavy atom. The Balaban J connectivity index is 1.33. The molecule has 0 heterocycles. The quantitative estimate of drug-likeness (QED) is 0.313. The van der Waals surface area contributed by atoms with Gasteiger partial charge in [-0.25, -0.2) is 10.9 Å². The van der Waals surface area contributed by atoms with E-state index in [4.69, 9.17) is 0 Å². The Bertz CT molecular complexity index is 1190. The van der Waals surface area contributed by atoms with Crippen LogP contribution >= 0.6 is 0 Å². The molecule has 2 amide bonds. The maximum absolute atomic E-state index is 12.3. The number of nitrogens with one attached hydrogen (secondary N) is 2. The van der Waals surface area contributed by atoms with Crippen LogP contribution in [0.15, 0.2) is 119 Å². The molecule has 0 fully saturated rings. The zero-order valence-corrected chi connectivity index (χ0v) is 18.3. The van der Waals surface area contributed by atoms with Gasteiger partial charge in [0, 0.05) is 11.1 Å². The summed E-state index contributed by atoms with van der Waals surface area (Å²) in [5.74, 6) is -0.580. The summed E-state index contributed by atoms with van der Waals surface area (Å²) in [6.07, 6.45) is 3.19. The largest absolute Gasteiger partial charge is 0.271 e. The molecule has 0 bridgehead atoms. The number of rotatable bonds is 7. The van der Waals surface area contributed by atoms with Crippen molar-refractivity contribution in [2.75, 3.05) is 0 Å². The van der Waals surface area contributed by atoms with E-state index in [0.717, 1.165) is 22.3 Å². The van der Waals surface area contributed by atoms with Crippen molar-refractivity contribution in [2.45, 2.75) is 0 Å². The Kier molecular flexibility index (Phi) is 7.33. The number of benzene rings is 4. The summed E-state index contributed by atoms with van der Waals surface area (Å²) in [5.41, 5.74) is 9.72. The molecule has 0 unspecified atom stereocenters. The lowest BCUT2D eigenvalue weighted by Gasteiger charge is -2.05. The number of nitrogens with zero attached hydrogens (tertiary/aromatic N) is 2. The number of hydrogen-bond acceptors (Lipinski definition) is 4. The van der Waals surface area contributed by atoms with Crippen LogP contribution in [0.25, 0.3) is 11.1 Å². The lowest BCUT2D eigenvalue weighted by molar-refractivity contribution is 0.0947. The zero-order chi connectivity index (χ0) is 23.6. The maximum Gasteiger partial charge on any atom is 0.271 e. The van der Waals surface area contributed by atoms with E-state index in [2.05, 4.69) is 21.1 Å². The predicted octanol–water partition coefficient (Wildman–Crippen LogP) is 4.88. The Morgan fingerprint density at radius 2 is 0.853 bits per heavy atom. The third-order valence-electron chi connectivity index (χ3n) is 4.99. The van der Waals surface area contributed by atoms with Crippen molar-refractivity contribution in [1.29, 1.82) is 0 Å². The van der Waals surface area contributed by atoms with Crippen molar-refractivity contribution in [3.63, 3.8) is 0 Å². The van der Waals surface area contributed by atoms with Crippen LogP contribution in [0, 0.1) is 0 Å². The molecule has 0 aliphatic heterocycles. The summed E-state index contributed by atoms with van der Waals surface area (Å²) in [7, 11) is 0. The Hall–Kier alpha value is -4.84. The van der Waals surface area contributed by atoms with Gasteiger partial charge >= 0.3 is 0 Å². The Morgan fingerprint density at radius 1 is 0.500 bits per heavy atom. The topological polar surface area (TPSA) is 82.9 Å². The van der Waals surface area contributed by atoms with Crippen molar-refractivity contribution in [1.82, 2.24) is 10.9 Å². The molecule has 0 spiro atoms. The first kappa shape index (κ1) is 22.4. The minimum atomic E-state index is -0.290. The van der Waals surface area contributed by atoms with Gasteiger partial charge in [-0.15, -0.1) is 0 Å². The van der Waals surface area contributed by atoms with Crippen molar-refractivity contribution >= 4 is 24.2 Å². The van der Waals surface area contributed by atoms with Gasteiger partial charge in [-0.1, -0.05) is 84.9 Å². The first-order chi connectivity index (χ1) is 16.7. The fourth-order valence-corrected chi connectivity index (χ4v) is 3.17. The van der Waals surface area contributed by atoms with Crippen LogP contribution in [0.2, 0.25) is 0 Å². The monoisotopic (exact) mass is 446 g/mol. The SMILES string of the molecule is O=C(N/N=C/c1ccccc1)c1ccc(-c2ccc(C(=O)N/N=C/c3ccccc3)cc2)cc1. The van der Waals surface area contributed by atoms with Gasteiger partial charge < -0.3 is 0 Å². The molecule has 0 aliphatic rings. The van der Waals surface area contributed by atoms with Crippen molar-refractivity contribution in [3.05, 3.63) is 131 Å². The van der Waals surface area contributed by atoms with Gasteiger partial charge in [0.25, 0.3) is 11.8 Å². The molecule has 2 N–H and O–H groups in total. The third kappa shape index (κ3) is 6.11. The molecule has 0 radical (unpaired) electrons. The average molecular weight is 447 g/mol. The van der Waals surface area contributed by atoms with E-state index in [1.807, 2.05) is 84.9 Å². The van der Waals surface area contributed by atoms with Gasteiger partial charge in [0.1, 0.15) is 0 Å². The van der Waals surface area contributed by atoms with E-state index in [-0.39, 0.29) is 11.8 Å². The highest BCUT2D eigenvalue weighted by Gasteiger charge is 2.07. The summed E-state index contributed by atoms with van der Waals surface area (Å²) >= 11 is 0. The summed E-state index contributed by atoms with van der Waals surface area (Å²) in [6.45, 7) is 0. The molecule has 6 nitrogen and oxygen atoms in total. The lowest BCUT2D eigenvalue weighted by atomic mass is 10.0. The van der Waals surface area contributed by atoms with Gasteiger partial charge in [-0.2, -0.15) is 10.2 Å². The second-order valence-electron chi connectivity index (χ2n) is 7.37. The highest BCUT2D eigenvalue weighted by molar-refractivity contribution is 5.96. The minimum Gasteiger partial charge on any atom is -0.267 e. The van der Waals surface area contributed by atoms with Crippen LogP contribution in [-0.4, -0.2) is 24.2 Å². The predicted molar refractivity (Wildman–Crippen MR) is 135 cm³/mol. The normalized spacial score (nSPS) is 10.9. The van der Waals surface area contributed by atoms with E-state index in [1.54, 1.807) is 36.7 Å². The molecule has 0 aromatic heterocycles. The zero-order valence-electron chi connectivity index (χ0n) is 18.3.